The Bertz CT molecular complexity index is 808. The van der Waals surface area contributed by atoms with Crippen LogP contribution in [0.2, 0.25) is 0 Å². The molecule has 0 saturated heterocycles. The van der Waals surface area contributed by atoms with Crippen molar-refractivity contribution in [2.75, 3.05) is 20.8 Å². The third kappa shape index (κ3) is 4.94. The van der Waals surface area contributed by atoms with Crippen LogP contribution >= 0.6 is 0 Å². The Hall–Kier alpha value is -3.62. The molecule has 1 amide bonds. The highest BCUT2D eigenvalue weighted by Gasteiger charge is 2.18. The number of hydrazone groups is 1. The van der Waals surface area contributed by atoms with Gasteiger partial charge in [-0.05, 0) is 18.2 Å². The third-order valence-corrected chi connectivity index (χ3v) is 3.24. The van der Waals surface area contributed by atoms with E-state index < -0.39 is 10.8 Å². The van der Waals surface area contributed by atoms with Gasteiger partial charge in [-0.1, -0.05) is 18.2 Å². The van der Waals surface area contributed by atoms with E-state index >= 15 is 0 Å². The number of nitro groups is 1. The fourth-order valence-electron chi connectivity index (χ4n) is 2.02. The van der Waals surface area contributed by atoms with Gasteiger partial charge in [0.05, 0.1) is 37.0 Å². The molecule has 2 aromatic carbocycles. The number of carbonyl (C=O) groups excluding carboxylic acids is 1. The molecule has 0 bridgehead atoms. The van der Waals surface area contributed by atoms with Crippen LogP contribution in [0.1, 0.15) is 5.56 Å². The molecule has 9 nitrogen and oxygen atoms in total. The summed E-state index contributed by atoms with van der Waals surface area (Å²) in [6.07, 6.45) is 1.15. The molecule has 0 radical (unpaired) electrons. The summed E-state index contributed by atoms with van der Waals surface area (Å²) in [6.45, 7) is -0.241. The van der Waals surface area contributed by atoms with Crippen molar-refractivity contribution in [2.45, 2.75) is 0 Å². The maximum absolute atomic E-state index is 11.7. The van der Waals surface area contributed by atoms with Crippen molar-refractivity contribution in [3.63, 3.8) is 0 Å². The Labute approximate surface area is 149 Å². The zero-order valence-corrected chi connectivity index (χ0v) is 14.2. The second-order valence-corrected chi connectivity index (χ2v) is 4.92. The number of hydrogen-bond donors (Lipinski definition) is 1. The van der Waals surface area contributed by atoms with E-state index in [0.717, 1.165) is 6.21 Å². The van der Waals surface area contributed by atoms with E-state index in [1.165, 1.54) is 26.4 Å². The van der Waals surface area contributed by atoms with Gasteiger partial charge in [-0.15, -0.1) is 0 Å². The van der Waals surface area contributed by atoms with Crippen molar-refractivity contribution >= 4 is 17.8 Å². The summed E-state index contributed by atoms with van der Waals surface area (Å²) in [5.74, 6) is 0.560. The quantitative estimate of drug-likeness (QED) is 0.439. The number of methoxy groups -OCH3 is 2. The summed E-state index contributed by atoms with van der Waals surface area (Å²) < 4.78 is 15.4. The molecule has 136 valence electrons. The lowest BCUT2D eigenvalue weighted by molar-refractivity contribution is -0.385. The maximum atomic E-state index is 11.7. The first-order valence-corrected chi connectivity index (χ1v) is 7.45. The van der Waals surface area contributed by atoms with E-state index in [1.807, 2.05) is 6.07 Å². The standard InChI is InChI=1S/C17H17N3O6/c1-24-15-8-12(14(20(22)23)9-16(15)25-2)10-18-19-17(21)11-26-13-6-4-3-5-7-13/h3-10H,11H2,1-2H3,(H,19,21)/b18-10-. The molecule has 0 aliphatic carbocycles. The summed E-state index contributed by atoms with van der Waals surface area (Å²) in [4.78, 5) is 22.3. The number of nitro benzene ring substituents is 1. The monoisotopic (exact) mass is 359 g/mol. The maximum Gasteiger partial charge on any atom is 0.282 e. The first-order chi connectivity index (χ1) is 12.5. The van der Waals surface area contributed by atoms with Crippen molar-refractivity contribution in [3.05, 3.63) is 58.1 Å². The van der Waals surface area contributed by atoms with Gasteiger partial charge in [0.1, 0.15) is 5.75 Å². The van der Waals surface area contributed by atoms with Crippen LogP contribution in [-0.2, 0) is 4.79 Å². The molecular weight excluding hydrogens is 342 g/mol. The molecule has 0 heterocycles. The van der Waals surface area contributed by atoms with Crippen LogP contribution in [0.4, 0.5) is 5.69 Å². The van der Waals surface area contributed by atoms with E-state index in [4.69, 9.17) is 14.2 Å². The van der Waals surface area contributed by atoms with E-state index in [0.29, 0.717) is 11.5 Å². The lowest BCUT2D eigenvalue weighted by Gasteiger charge is -2.08. The smallest absolute Gasteiger partial charge is 0.282 e. The zero-order chi connectivity index (χ0) is 18.9. The topological polar surface area (TPSA) is 112 Å². The normalized spacial score (nSPS) is 10.4. The van der Waals surface area contributed by atoms with Crippen LogP contribution in [0, 0.1) is 10.1 Å². The van der Waals surface area contributed by atoms with Gasteiger partial charge in [0.25, 0.3) is 11.6 Å². The average Bonchev–Trinajstić information content (AvgIpc) is 2.66. The van der Waals surface area contributed by atoms with Crippen LogP contribution in [-0.4, -0.2) is 37.9 Å². The Morgan fingerprint density at radius 1 is 1.19 bits per heavy atom. The Morgan fingerprint density at radius 2 is 1.85 bits per heavy atom. The molecule has 2 aromatic rings. The number of ether oxygens (including phenoxy) is 3. The number of para-hydroxylation sites is 1. The second-order valence-electron chi connectivity index (χ2n) is 4.92. The van der Waals surface area contributed by atoms with Gasteiger partial charge in [-0.2, -0.15) is 5.10 Å². The molecule has 0 atom stereocenters. The first-order valence-electron chi connectivity index (χ1n) is 7.45. The summed E-state index contributed by atoms with van der Waals surface area (Å²) >= 11 is 0. The van der Waals surface area contributed by atoms with Crippen molar-refractivity contribution in [1.29, 1.82) is 0 Å². The van der Waals surface area contributed by atoms with Crippen LogP contribution in [0.25, 0.3) is 0 Å². The Kier molecular flexibility index (Phi) is 6.49. The molecule has 0 aliphatic rings. The predicted molar refractivity (Wildman–Crippen MR) is 93.9 cm³/mol. The van der Waals surface area contributed by atoms with Gasteiger partial charge >= 0.3 is 0 Å². The number of carbonyl (C=O) groups is 1. The number of nitrogens with zero attached hydrogens (tertiary/aromatic N) is 2. The van der Waals surface area contributed by atoms with Gasteiger partial charge in [0.15, 0.2) is 18.1 Å². The first kappa shape index (κ1) is 18.7. The molecule has 0 spiro atoms. The van der Waals surface area contributed by atoms with Crippen LogP contribution in [0.15, 0.2) is 47.6 Å². The molecular formula is C17H17N3O6. The van der Waals surface area contributed by atoms with Crippen LogP contribution in [0.5, 0.6) is 17.2 Å². The highest BCUT2D eigenvalue weighted by molar-refractivity contribution is 5.88. The Morgan fingerprint density at radius 3 is 2.46 bits per heavy atom. The summed E-state index contributed by atoms with van der Waals surface area (Å²) in [5, 5.41) is 14.9. The summed E-state index contributed by atoms with van der Waals surface area (Å²) in [5.41, 5.74) is 2.16. The Balaban J connectivity index is 2.04. The van der Waals surface area contributed by atoms with Gasteiger partial charge in [0.2, 0.25) is 0 Å². The number of benzene rings is 2. The lowest BCUT2D eigenvalue weighted by Crippen LogP contribution is -2.24. The number of hydrogen-bond acceptors (Lipinski definition) is 7. The molecule has 0 aromatic heterocycles. The molecule has 0 unspecified atom stereocenters. The summed E-state index contributed by atoms with van der Waals surface area (Å²) in [7, 11) is 2.79. The fourth-order valence-corrected chi connectivity index (χ4v) is 2.02. The number of rotatable bonds is 8. The van der Waals surface area contributed by atoms with Gasteiger partial charge in [-0.3, -0.25) is 14.9 Å². The van der Waals surface area contributed by atoms with Crippen LogP contribution in [0.3, 0.4) is 0 Å². The molecule has 0 aliphatic heterocycles. The van der Waals surface area contributed by atoms with Crippen molar-refractivity contribution in [2.24, 2.45) is 5.10 Å². The van der Waals surface area contributed by atoms with E-state index in [9.17, 15) is 14.9 Å². The minimum Gasteiger partial charge on any atom is -0.493 e. The molecule has 0 saturated carbocycles. The third-order valence-electron chi connectivity index (χ3n) is 3.24. The van der Waals surface area contributed by atoms with Crippen molar-refractivity contribution < 1.29 is 23.9 Å². The molecule has 2 rings (SSSR count). The molecule has 9 heteroatoms. The highest BCUT2D eigenvalue weighted by Crippen LogP contribution is 2.33. The highest BCUT2D eigenvalue weighted by atomic mass is 16.6. The van der Waals surface area contributed by atoms with Crippen molar-refractivity contribution in [1.82, 2.24) is 5.43 Å². The minimum absolute atomic E-state index is 0.150. The lowest BCUT2D eigenvalue weighted by atomic mass is 10.1. The van der Waals surface area contributed by atoms with Gasteiger partial charge < -0.3 is 14.2 Å². The number of amides is 1. The van der Waals surface area contributed by atoms with Crippen LogP contribution < -0.4 is 19.6 Å². The molecule has 1 N–H and O–H groups in total. The molecule has 26 heavy (non-hydrogen) atoms. The van der Waals surface area contributed by atoms with E-state index in [1.54, 1.807) is 24.3 Å². The number of nitrogens with one attached hydrogen (secondary N) is 1. The SMILES string of the molecule is COc1cc(/C=N\NC(=O)COc2ccccc2)c([N+](=O)[O-])cc1OC. The zero-order valence-electron chi connectivity index (χ0n) is 14.2. The van der Waals surface area contributed by atoms with Gasteiger partial charge in [-0.25, -0.2) is 5.43 Å². The van der Waals surface area contributed by atoms with Gasteiger partial charge in [0, 0.05) is 0 Å². The van der Waals surface area contributed by atoms with Crippen molar-refractivity contribution in [3.8, 4) is 17.2 Å². The predicted octanol–water partition coefficient (Wildman–Crippen LogP) is 2.14. The second kappa shape index (κ2) is 9.02. The fraction of sp³-hybridized carbons (Fsp3) is 0.176. The minimum atomic E-state index is -0.580. The van der Waals surface area contributed by atoms with E-state index in [-0.39, 0.29) is 23.6 Å². The summed E-state index contributed by atoms with van der Waals surface area (Å²) in [6, 6.07) is 11.4. The van der Waals surface area contributed by atoms with E-state index in [2.05, 4.69) is 10.5 Å². The molecule has 0 fully saturated rings. The largest absolute Gasteiger partial charge is 0.493 e. The average molecular weight is 359 g/mol.